The third-order valence-electron chi connectivity index (χ3n) is 2.63. The number of hydrogen-bond donors (Lipinski definition) is 1. The first-order valence-corrected chi connectivity index (χ1v) is 8.56. The smallest absolute Gasteiger partial charge is 0.272 e. The van der Waals surface area contributed by atoms with Gasteiger partial charge in [-0.1, -0.05) is 5.92 Å². The molecule has 1 heterocycles. The van der Waals surface area contributed by atoms with Crippen LogP contribution in [0.2, 0.25) is 0 Å². The summed E-state index contributed by atoms with van der Waals surface area (Å²) < 4.78 is 7.50. The summed E-state index contributed by atoms with van der Waals surface area (Å²) in [7, 11) is 0. The van der Waals surface area contributed by atoms with Crippen molar-refractivity contribution in [3.8, 4) is 18.1 Å². The van der Waals surface area contributed by atoms with Gasteiger partial charge in [0.1, 0.15) is 12.4 Å². The van der Waals surface area contributed by atoms with Crippen molar-refractivity contribution >= 4 is 57.3 Å². The molecular formula is C16H11I2N3O2. The average Bonchev–Trinajstić information content (AvgIpc) is 2.54. The standard InChI is InChI=1S/C16H11I2N3O2/c1-2-6-23-15-12(7-13(17)8-14(15)18)10-20-21-16(22)11-4-3-5-19-9-11/h1,3-5,7-10H,6H2,(H,21,22)/b20-10-. The Morgan fingerprint density at radius 2 is 2.30 bits per heavy atom. The Hall–Kier alpha value is -1.67. The van der Waals surface area contributed by atoms with Crippen molar-refractivity contribution in [2.24, 2.45) is 5.10 Å². The predicted molar refractivity (Wildman–Crippen MR) is 106 cm³/mol. The summed E-state index contributed by atoms with van der Waals surface area (Å²) in [5, 5.41) is 3.98. The highest BCUT2D eigenvalue weighted by atomic mass is 127. The minimum atomic E-state index is -0.333. The van der Waals surface area contributed by atoms with Gasteiger partial charge in [-0.15, -0.1) is 6.42 Å². The molecule has 7 heteroatoms. The van der Waals surface area contributed by atoms with Crippen molar-refractivity contribution in [2.75, 3.05) is 6.61 Å². The summed E-state index contributed by atoms with van der Waals surface area (Å²) in [6.07, 6.45) is 9.84. The number of carbonyl (C=O) groups is 1. The molecule has 2 rings (SSSR count). The molecule has 0 atom stereocenters. The van der Waals surface area contributed by atoms with Gasteiger partial charge in [-0.3, -0.25) is 9.78 Å². The third-order valence-corrected chi connectivity index (χ3v) is 4.05. The van der Waals surface area contributed by atoms with E-state index in [0.29, 0.717) is 11.3 Å². The maximum Gasteiger partial charge on any atom is 0.272 e. The van der Waals surface area contributed by atoms with Crippen LogP contribution in [0.3, 0.4) is 0 Å². The number of nitrogens with zero attached hydrogens (tertiary/aromatic N) is 2. The number of amides is 1. The first-order chi connectivity index (χ1) is 11.1. The molecular weight excluding hydrogens is 520 g/mol. The van der Waals surface area contributed by atoms with E-state index in [1.54, 1.807) is 18.3 Å². The molecule has 0 fully saturated rings. The van der Waals surface area contributed by atoms with Crippen molar-refractivity contribution in [1.29, 1.82) is 0 Å². The zero-order chi connectivity index (χ0) is 16.7. The first kappa shape index (κ1) is 17.7. The first-order valence-electron chi connectivity index (χ1n) is 6.40. The Morgan fingerprint density at radius 1 is 1.48 bits per heavy atom. The highest BCUT2D eigenvalue weighted by molar-refractivity contribution is 14.1. The zero-order valence-electron chi connectivity index (χ0n) is 11.8. The van der Waals surface area contributed by atoms with Crippen LogP contribution in [-0.4, -0.2) is 23.7 Å². The number of nitrogens with one attached hydrogen (secondary N) is 1. The fourth-order valence-electron chi connectivity index (χ4n) is 1.66. The Morgan fingerprint density at radius 3 is 3.00 bits per heavy atom. The molecule has 1 N–H and O–H groups in total. The topological polar surface area (TPSA) is 63.6 Å². The van der Waals surface area contributed by atoms with E-state index in [2.05, 4.69) is 66.6 Å². The van der Waals surface area contributed by atoms with Gasteiger partial charge in [-0.05, 0) is 69.4 Å². The van der Waals surface area contributed by atoms with E-state index < -0.39 is 0 Å². The SMILES string of the molecule is C#CCOc1c(I)cc(I)cc1/C=N\NC(=O)c1cccnc1. The summed E-state index contributed by atoms with van der Waals surface area (Å²) in [6.45, 7) is 0.166. The van der Waals surface area contributed by atoms with Crippen LogP contribution in [0.15, 0.2) is 41.8 Å². The minimum Gasteiger partial charge on any atom is -0.479 e. The van der Waals surface area contributed by atoms with Gasteiger partial charge in [0.2, 0.25) is 0 Å². The van der Waals surface area contributed by atoms with Crippen LogP contribution in [-0.2, 0) is 0 Å². The summed E-state index contributed by atoms with van der Waals surface area (Å²) in [5.74, 6) is 2.74. The number of hydrazone groups is 1. The van der Waals surface area contributed by atoms with E-state index in [1.165, 1.54) is 12.4 Å². The fourth-order valence-corrected chi connectivity index (χ4v) is 3.71. The van der Waals surface area contributed by atoms with Gasteiger partial charge in [0.05, 0.1) is 15.3 Å². The van der Waals surface area contributed by atoms with Crippen molar-refractivity contribution in [3.63, 3.8) is 0 Å². The lowest BCUT2D eigenvalue weighted by atomic mass is 10.2. The number of hydrogen-bond acceptors (Lipinski definition) is 4. The largest absolute Gasteiger partial charge is 0.479 e. The van der Waals surface area contributed by atoms with E-state index in [0.717, 1.165) is 12.7 Å². The Bertz CT molecular complexity index is 771. The van der Waals surface area contributed by atoms with Crippen LogP contribution >= 0.6 is 45.2 Å². The molecule has 1 aromatic heterocycles. The molecule has 0 aliphatic heterocycles. The van der Waals surface area contributed by atoms with Crippen molar-refractivity contribution in [3.05, 3.63) is 54.9 Å². The third kappa shape index (κ3) is 5.18. The van der Waals surface area contributed by atoms with Gasteiger partial charge in [0.25, 0.3) is 5.91 Å². The molecule has 0 saturated carbocycles. The number of ether oxygens (including phenoxy) is 1. The number of benzene rings is 1. The van der Waals surface area contributed by atoms with Crippen LogP contribution in [0.5, 0.6) is 5.75 Å². The molecule has 0 bridgehead atoms. The lowest BCUT2D eigenvalue weighted by Gasteiger charge is -2.09. The zero-order valence-corrected chi connectivity index (χ0v) is 16.1. The number of aromatic nitrogens is 1. The van der Waals surface area contributed by atoms with Crippen molar-refractivity contribution in [2.45, 2.75) is 0 Å². The summed E-state index contributed by atoms with van der Waals surface area (Å²) >= 11 is 4.37. The summed E-state index contributed by atoms with van der Waals surface area (Å²) in [4.78, 5) is 15.8. The second-order valence-corrected chi connectivity index (χ2v) is 6.65. The van der Waals surface area contributed by atoms with Crippen LogP contribution < -0.4 is 10.2 Å². The molecule has 0 aliphatic carbocycles. The molecule has 0 radical (unpaired) electrons. The lowest BCUT2D eigenvalue weighted by molar-refractivity contribution is 0.0955. The molecule has 23 heavy (non-hydrogen) atoms. The molecule has 116 valence electrons. The molecule has 5 nitrogen and oxygen atoms in total. The van der Waals surface area contributed by atoms with Gasteiger partial charge in [0.15, 0.2) is 0 Å². The van der Waals surface area contributed by atoms with Gasteiger partial charge in [-0.2, -0.15) is 5.10 Å². The van der Waals surface area contributed by atoms with Crippen molar-refractivity contribution in [1.82, 2.24) is 10.4 Å². The van der Waals surface area contributed by atoms with Crippen molar-refractivity contribution < 1.29 is 9.53 Å². The number of terminal acetylenes is 1. The maximum atomic E-state index is 11.9. The normalized spacial score (nSPS) is 10.3. The molecule has 0 spiro atoms. The Kier molecular flexibility index (Phi) is 6.79. The molecule has 0 unspecified atom stereocenters. The van der Waals surface area contributed by atoms with Gasteiger partial charge in [-0.25, -0.2) is 5.43 Å². The molecule has 0 saturated heterocycles. The van der Waals surface area contributed by atoms with Crippen LogP contribution in [0.4, 0.5) is 0 Å². The fraction of sp³-hybridized carbons (Fsp3) is 0.0625. The molecule has 1 aromatic carbocycles. The van der Waals surface area contributed by atoms with Crippen LogP contribution in [0.1, 0.15) is 15.9 Å². The number of rotatable bonds is 5. The number of carbonyl (C=O) groups excluding carboxylic acids is 1. The average molecular weight is 531 g/mol. The van der Waals surface area contributed by atoms with E-state index in [9.17, 15) is 4.79 Å². The number of pyridine rings is 1. The quantitative estimate of drug-likeness (QED) is 0.280. The van der Waals surface area contributed by atoms with Gasteiger partial charge >= 0.3 is 0 Å². The Balaban J connectivity index is 2.15. The second-order valence-electron chi connectivity index (χ2n) is 4.24. The summed E-state index contributed by atoms with van der Waals surface area (Å²) in [5.41, 5.74) is 3.63. The van der Waals surface area contributed by atoms with E-state index in [-0.39, 0.29) is 12.5 Å². The Labute approximate surface area is 161 Å². The van der Waals surface area contributed by atoms with Gasteiger partial charge in [0, 0.05) is 21.5 Å². The molecule has 0 aliphatic rings. The van der Waals surface area contributed by atoms with E-state index in [1.807, 2.05) is 12.1 Å². The monoisotopic (exact) mass is 531 g/mol. The molecule has 1 amide bonds. The predicted octanol–water partition coefficient (Wildman–Crippen LogP) is 3.07. The van der Waals surface area contributed by atoms with Crippen LogP contribution in [0, 0.1) is 19.5 Å². The van der Waals surface area contributed by atoms with Crippen LogP contribution in [0.25, 0.3) is 0 Å². The number of halogens is 2. The highest BCUT2D eigenvalue weighted by Crippen LogP contribution is 2.27. The highest BCUT2D eigenvalue weighted by Gasteiger charge is 2.09. The summed E-state index contributed by atoms with van der Waals surface area (Å²) in [6, 6.07) is 7.22. The maximum absolute atomic E-state index is 11.9. The van der Waals surface area contributed by atoms with E-state index >= 15 is 0 Å². The van der Waals surface area contributed by atoms with E-state index in [4.69, 9.17) is 11.2 Å². The second kappa shape index (κ2) is 8.83. The molecule has 2 aromatic rings. The van der Waals surface area contributed by atoms with Gasteiger partial charge < -0.3 is 4.74 Å². The lowest BCUT2D eigenvalue weighted by Crippen LogP contribution is -2.17. The minimum absolute atomic E-state index is 0.166.